The molecule has 7 rings (SSSR count). The number of piperazine rings is 1. The molecule has 1 amide bonds. The molecule has 0 aliphatic carbocycles. The number of anilines is 1. The second-order valence-electron chi connectivity index (χ2n) is 11.0. The van der Waals surface area contributed by atoms with E-state index in [9.17, 15) is 4.79 Å². The lowest BCUT2D eigenvalue weighted by Gasteiger charge is -2.35. The molecule has 9 nitrogen and oxygen atoms in total. The quantitative estimate of drug-likeness (QED) is 0.326. The summed E-state index contributed by atoms with van der Waals surface area (Å²) < 4.78 is 6.21. The number of aromatic amines is 1. The predicted octanol–water partition coefficient (Wildman–Crippen LogP) is 4.70. The lowest BCUT2D eigenvalue weighted by Crippen LogP contribution is -2.48. The average molecular weight is 536 g/mol. The summed E-state index contributed by atoms with van der Waals surface area (Å²) in [5.41, 5.74) is 6.04. The molecule has 0 bridgehead atoms. The summed E-state index contributed by atoms with van der Waals surface area (Å²) in [4.78, 5) is 29.2. The fourth-order valence-corrected chi connectivity index (χ4v) is 6.49. The summed E-state index contributed by atoms with van der Waals surface area (Å²) in [6.07, 6.45) is 8.19. The highest BCUT2D eigenvalue weighted by Crippen LogP contribution is 2.42. The highest BCUT2D eigenvalue weighted by atomic mass is 16.3. The minimum atomic E-state index is -0.0287. The number of H-pyrrole nitrogens is 1. The van der Waals surface area contributed by atoms with Gasteiger partial charge in [-0.25, -0.2) is 9.97 Å². The molecule has 2 fully saturated rings. The molecule has 0 unspecified atom stereocenters. The number of nitrogens with zero attached hydrogens (tertiary/aromatic N) is 6. The van der Waals surface area contributed by atoms with Crippen molar-refractivity contribution >= 4 is 44.5 Å². The Morgan fingerprint density at radius 3 is 2.77 bits per heavy atom. The van der Waals surface area contributed by atoms with E-state index in [1.165, 1.54) is 18.1 Å². The summed E-state index contributed by atoms with van der Waals surface area (Å²) in [6.45, 7) is 9.52. The van der Waals surface area contributed by atoms with Crippen molar-refractivity contribution in [1.82, 2.24) is 30.0 Å². The van der Waals surface area contributed by atoms with Crippen molar-refractivity contribution in [3.05, 3.63) is 60.8 Å². The van der Waals surface area contributed by atoms with Crippen LogP contribution in [0.4, 0.5) is 5.82 Å². The third-order valence-corrected chi connectivity index (χ3v) is 8.68. The third kappa shape index (κ3) is 4.03. The number of rotatable bonds is 5. The van der Waals surface area contributed by atoms with E-state index in [4.69, 9.17) is 14.4 Å². The van der Waals surface area contributed by atoms with E-state index in [-0.39, 0.29) is 5.91 Å². The summed E-state index contributed by atoms with van der Waals surface area (Å²) in [6, 6.07) is 8.87. The minimum Gasteiger partial charge on any atom is -0.463 e. The number of aryl methyl sites for hydroxylation is 1. The monoisotopic (exact) mass is 535 g/mol. The van der Waals surface area contributed by atoms with E-state index in [0.717, 1.165) is 74.9 Å². The molecule has 2 saturated heterocycles. The van der Waals surface area contributed by atoms with Crippen LogP contribution in [0.3, 0.4) is 0 Å². The van der Waals surface area contributed by atoms with Gasteiger partial charge >= 0.3 is 0 Å². The molecular formula is C31H33N7O2. The third-order valence-electron chi connectivity index (χ3n) is 8.68. The van der Waals surface area contributed by atoms with Gasteiger partial charge in [-0.2, -0.15) is 5.10 Å². The van der Waals surface area contributed by atoms with Gasteiger partial charge in [0.1, 0.15) is 17.2 Å². The highest BCUT2D eigenvalue weighted by molar-refractivity contribution is 6.16. The van der Waals surface area contributed by atoms with Gasteiger partial charge in [-0.15, -0.1) is 0 Å². The highest BCUT2D eigenvalue weighted by Gasteiger charge is 2.28. The topological polar surface area (TPSA) is 94.4 Å². The number of aromatic nitrogens is 4. The lowest BCUT2D eigenvalue weighted by atomic mass is 9.93. The molecule has 0 spiro atoms. The maximum Gasteiger partial charge on any atom is 0.246 e. The summed E-state index contributed by atoms with van der Waals surface area (Å²) in [5, 5.41) is 10.5. The Balaban J connectivity index is 1.42. The van der Waals surface area contributed by atoms with Crippen LogP contribution >= 0.6 is 0 Å². The standard InChI is InChI=1S/C31H33N7O2/c1-4-27(39)37-11-13-38(14-12-37)31-29-25(33-26(34-31)16-20-6-5-10-36(20)3)17-22(21-9-15-40-30(21)29)28-19(2)7-8-24-23(28)18-32-35-24/h4,7-9,15,17-18,20H,1,5-6,10-14,16H2,2-3H3,(H,32,35)/t20-/m0/s1. The first kappa shape index (κ1) is 24.8. The molecule has 1 N–H and O–H groups in total. The zero-order valence-corrected chi connectivity index (χ0v) is 23.0. The zero-order chi connectivity index (χ0) is 27.4. The van der Waals surface area contributed by atoms with Crippen molar-refractivity contribution < 1.29 is 9.21 Å². The Hall–Kier alpha value is -4.24. The van der Waals surface area contributed by atoms with E-state index in [0.29, 0.717) is 32.2 Å². The molecular weight excluding hydrogens is 502 g/mol. The van der Waals surface area contributed by atoms with Crippen LogP contribution in [0.5, 0.6) is 0 Å². The summed E-state index contributed by atoms with van der Waals surface area (Å²) in [5.74, 6) is 1.70. The van der Waals surface area contributed by atoms with E-state index < -0.39 is 0 Å². The number of hydrogen-bond donors (Lipinski definition) is 1. The van der Waals surface area contributed by atoms with Gasteiger partial charge in [0.15, 0.2) is 0 Å². The Labute approximate surface area is 232 Å². The van der Waals surface area contributed by atoms with Crippen molar-refractivity contribution in [1.29, 1.82) is 0 Å². The fraction of sp³-hybridized carbons (Fsp3) is 0.355. The smallest absolute Gasteiger partial charge is 0.246 e. The van der Waals surface area contributed by atoms with Crippen LogP contribution in [-0.4, -0.2) is 81.7 Å². The van der Waals surface area contributed by atoms with E-state index in [1.54, 1.807) is 6.26 Å². The van der Waals surface area contributed by atoms with E-state index in [2.05, 4.69) is 58.7 Å². The Morgan fingerprint density at radius 1 is 1.15 bits per heavy atom. The lowest BCUT2D eigenvalue weighted by molar-refractivity contribution is -0.126. The maximum atomic E-state index is 12.3. The number of furan rings is 1. The van der Waals surface area contributed by atoms with Crippen molar-refractivity contribution in [2.24, 2.45) is 0 Å². The maximum absolute atomic E-state index is 12.3. The number of nitrogens with one attached hydrogen (secondary N) is 1. The number of carbonyl (C=O) groups is 1. The van der Waals surface area contributed by atoms with E-state index >= 15 is 0 Å². The molecule has 5 heterocycles. The Bertz CT molecular complexity index is 1760. The fourth-order valence-electron chi connectivity index (χ4n) is 6.49. The summed E-state index contributed by atoms with van der Waals surface area (Å²) >= 11 is 0. The summed E-state index contributed by atoms with van der Waals surface area (Å²) in [7, 11) is 2.19. The van der Waals surface area contributed by atoms with Gasteiger partial charge < -0.3 is 19.1 Å². The first-order valence-corrected chi connectivity index (χ1v) is 14.0. The number of carbonyl (C=O) groups excluding carboxylic acids is 1. The van der Waals surface area contributed by atoms with Gasteiger partial charge in [0, 0.05) is 49.4 Å². The number of likely N-dealkylation sites (tertiary alicyclic amines) is 1. The van der Waals surface area contributed by atoms with Crippen LogP contribution < -0.4 is 4.90 Å². The van der Waals surface area contributed by atoms with E-state index in [1.807, 2.05) is 17.2 Å². The molecule has 2 aromatic carbocycles. The molecule has 204 valence electrons. The molecule has 3 aromatic heterocycles. The van der Waals surface area contributed by atoms with Crippen molar-refractivity contribution in [2.75, 3.05) is 44.7 Å². The van der Waals surface area contributed by atoms with Crippen LogP contribution in [0.15, 0.2) is 53.8 Å². The number of hydrogen-bond acceptors (Lipinski definition) is 7. The van der Waals surface area contributed by atoms with Gasteiger partial charge in [0.2, 0.25) is 5.91 Å². The number of fused-ring (bicyclic) bond motifs is 4. The second-order valence-corrected chi connectivity index (χ2v) is 11.0. The molecule has 0 saturated carbocycles. The largest absolute Gasteiger partial charge is 0.463 e. The SMILES string of the molecule is C=CC(=O)N1CCN(c2nc(C[C@@H]3CCCN3C)nc3cc(-c4c(C)ccc5[nH]ncc45)c4ccoc4c23)CC1. The second kappa shape index (κ2) is 9.75. The number of likely N-dealkylation sites (N-methyl/N-ethyl adjacent to an activating group) is 1. The number of benzene rings is 2. The van der Waals surface area contributed by atoms with Crippen LogP contribution in [-0.2, 0) is 11.2 Å². The Morgan fingerprint density at radius 2 is 2.00 bits per heavy atom. The minimum absolute atomic E-state index is 0.0287. The normalized spacial score (nSPS) is 18.4. The van der Waals surface area contributed by atoms with Crippen LogP contribution in [0, 0.1) is 6.92 Å². The molecule has 5 aromatic rings. The molecule has 40 heavy (non-hydrogen) atoms. The average Bonchev–Trinajstić information content (AvgIpc) is 3.74. The molecule has 0 radical (unpaired) electrons. The van der Waals surface area contributed by atoms with Crippen LogP contribution in [0.2, 0.25) is 0 Å². The van der Waals surface area contributed by atoms with Gasteiger partial charge in [-0.1, -0.05) is 12.6 Å². The van der Waals surface area contributed by atoms with Crippen molar-refractivity contribution in [3.63, 3.8) is 0 Å². The first-order valence-electron chi connectivity index (χ1n) is 14.0. The molecule has 2 aliphatic rings. The molecule has 9 heteroatoms. The first-order chi connectivity index (χ1) is 19.5. The Kier molecular flexibility index (Phi) is 6.04. The van der Waals surface area contributed by atoms with Gasteiger partial charge in [0.25, 0.3) is 0 Å². The predicted molar refractivity (Wildman–Crippen MR) is 157 cm³/mol. The molecule has 2 aliphatic heterocycles. The van der Waals surface area contributed by atoms with Gasteiger partial charge in [-0.05, 0) is 74.3 Å². The van der Waals surface area contributed by atoms with Crippen LogP contribution in [0.1, 0.15) is 24.2 Å². The zero-order valence-electron chi connectivity index (χ0n) is 23.0. The van der Waals surface area contributed by atoms with Crippen molar-refractivity contribution in [3.8, 4) is 11.1 Å². The molecule has 1 atom stereocenters. The van der Waals surface area contributed by atoms with Crippen molar-refractivity contribution in [2.45, 2.75) is 32.2 Å². The van der Waals surface area contributed by atoms with Crippen LogP contribution in [0.25, 0.3) is 43.9 Å². The number of amides is 1. The van der Waals surface area contributed by atoms with Gasteiger partial charge in [-0.3, -0.25) is 9.89 Å². The van der Waals surface area contributed by atoms with Gasteiger partial charge in [0.05, 0.1) is 28.9 Å².